The fourth-order valence-corrected chi connectivity index (χ4v) is 1.85. The molecule has 0 saturated carbocycles. The van der Waals surface area contributed by atoms with E-state index in [1.165, 1.54) is 6.92 Å². The molecule has 5 heteroatoms. The highest BCUT2D eigenvalue weighted by Crippen LogP contribution is 2.35. The van der Waals surface area contributed by atoms with Crippen molar-refractivity contribution in [2.24, 2.45) is 0 Å². The van der Waals surface area contributed by atoms with Crippen LogP contribution in [0.5, 0.6) is 11.5 Å². The van der Waals surface area contributed by atoms with Crippen LogP contribution >= 0.6 is 0 Å². The molecule has 0 fully saturated rings. The molecule has 0 aromatic heterocycles. The molecule has 0 saturated heterocycles. The minimum absolute atomic E-state index is 0.0250. The van der Waals surface area contributed by atoms with Crippen LogP contribution in [0.2, 0.25) is 0 Å². The zero-order valence-electron chi connectivity index (χ0n) is 13.1. The van der Waals surface area contributed by atoms with Gasteiger partial charge in [0.25, 0.3) is 0 Å². The highest BCUT2D eigenvalue weighted by atomic mass is 16.5. The quantitative estimate of drug-likeness (QED) is 0.868. The summed E-state index contributed by atoms with van der Waals surface area (Å²) in [6.45, 7) is 6.35. The third-order valence-electron chi connectivity index (χ3n) is 3.12. The summed E-state index contributed by atoms with van der Waals surface area (Å²) in [6, 6.07) is 4.10. The standard InChI is InChI=1S/C15H24N2O3/c1-10(2)16-9-12-7-14(19-5)15(20-6)8-13(12)17(4)11(3)18/h7-8,10,16H,9H2,1-6H3. The van der Waals surface area contributed by atoms with Crippen molar-refractivity contribution in [2.45, 2.75) is 33.4 Å². The van der Waals surface area contributed by atoms with Crippen molar-refractivity contribution in [1.29, 1.82) is 0 Å². The highest BCUT2D eigenvalue weighted by Gasteiger charge is 2.16. The monoisotopic (exact) mass is 280 g/mol. The number of nitrogens with one attached hydrogen (secondary N) is 1. The van der Waals surface area contributed by atoms with Gasteiger partial charge < -0.3 is 19.7 Å². The van der Waals surface area contributed by atoms with E-state index in [1.807, 2.05) is 12.1 Å². The molecule has 0 atom stereocenters. The van der Waals surface area contributed by atoms with Crippen molar-refractivity contribution < 1.29 is 14.3 Å². The lowest BCUT2D eigenvalue weighted by atomic mass is 10.1. The van der Waals surface area contributed by atoms with E-state index < -0.39 is 0 Å². The lowest BCUT2D eigenvalue weighted by molar-refractivity contribution is -0.116. The van der Waals surface area contributed by atoms with Crippen LogP contribution in [0.3, 0.4) is 0 Å². The first-order valence-electron chi connectivity index (χ1n) is 6.63. The number of carbonyl (C=O) groups excluding carboxylic acids is 1. The Kier molecular flexibility index (Phi) is 5.82. The maximum absolute atomic E-state index is 11.6. The largest absolute Gasteiger partial charge is 0.493 e. The van der Waals surface area contributed by atoms with Crippen LogP contribution in [0, 0.1) is 0 Å². The number of hydrogen-bond acceptors (Lipinski definition) is 4. The molecule has 0 radical (unpaired) electrons. The average Bonchev–Trinajstić information content (AvgIpc) is 2.42. The summed E-state index contributed by atoms with van der Waals surface area (Å²) in [4.78, 5) is 13.2. The molecule has 1 aromatic rings. The number of carbonyl (C=O) groups is 1. The van der Waals surface area contributed by atoms with Crippen LogP contribution in [0.15, 0.2) is 12.1 Å². The summed E-state index contributed by atoms with van der Waals surface area (Å²) in [6.07, 6.45) is 0. The second kappa shape index (κ2) is 7.14. The fraction of sp³-hybridized carbons (Fsp3) is 0.533. The van der Waals surface area contributed by atoms with Gasteiger partial charge in [-0.25, -0.2) is 0 Å². The summed E-state index contributed by atoms with van der Waals surface area (Å²) in [5.41, 5.74) is 1.82. The Morgan fingerprint density at radius 3 is 2.25 bits per heavy atom. The molecule has 1 N–H and O–H groups in total. The van der Waals surface area contributed by atoms with Gasteiger partial charge in [0.05, 0.1) is 19.9 Å². The van der Waals surface area contributed by atoms with Crippen molar-refractivity contribution in [1.82, 2.24) is 5.32 Å². The molecular formula is C15H24N2O3. The maximum Gasteiger partial charge on any atom is 0.223 e. The minimum Gasteiger partial charge on any atom is -0.493 e. The molecule has 0 unspecified atom stereocenters. The Bertz CT molecular complexity index is 472. The number of ether oxygens (including phenoxy) is 2. The molecule has 1 rings (SSSR count). The zero-order chi connectivity index (χ0) is 15.3. The smallest absolute Gasteiger partial charge is 0.223 e. The maximum atomic E-state index is 11.6. The molecule has 0 spiro atoms. The number of hydrogen-bond donors (Lipinski definition) is 1. The first-order valence-corrected chi connectivity index (χ1v) is 6.63. The van der Waals surface area contributed by atoms with Crippen molar-refractivity contribution in [2.75, 3.05) is 26.2 Å². The summed E-state index contributed by atoms with van der Waals surface area (Å²) < 4.78 is 10.6. The van der Waals surface area contributed by atoms with Crippen molar-refractivity contribution in [3.63, 3.8) is 0 Å². The Labute approximate surface area is 120 Å². The Hall–Kier alpha value is -1.75. The molecule has 0 bridgehead atoms. The van der Waals surface area contributed by atoms with Gasteiger partial charge >= 0.3 is 0 Å². The van der Waals surface area contributed by atoms with E-state index in [4.69, 9.17) is 9.47 Å². The van der Waals surface area contributed by atoms with Crippen LogP contribution in [0.4, 0.5) is 5.69 Å². The van der Waals surface area contributed by atoms with E-state index in [9.17, 15) is 4.79 Å². The average molecular weight is 280 g/mol. The van der Waals surface area contributed by atoms with E-state index in [2.05, 4.69) is 19.2 Å². The van der Waals surface area contributed by atoms with Gasteiger partial charge in [-0.1, -0.05) is 13.8 Å². The molecule has 0 aliphatic rings. The zero-order valence-corrected chi connectivity index (χ0v) is 13.1. The molecule has 0 aliphatic carbocycles. The van der Waals surface area contributed by atoms with Gasteiger partial charge in [0.1, 0.15) is 0 Å². The number of benzene rings is 1. The molecule has 0 heterocycles. The van der Waals surface area contributed by atoms with E-state index in [1.54, 1.807) is 26.2 Å². The molecule has 112 valence electrons. The number of anilines is 1. The Morgan fingerprint density at radius 2 is 1.80 bits per heavy atom. The highest BCUT2D eigenvalue weighted by molar-refractivity contribution is 5.92. The van der Waals surface area contributed by atoms with Gasteiger partial charge in [-0.3, -0.25) is 4.79 Å². The van der Waals surface area contributed by atoms with Crippen molar-refractivity contribution >= 4 is 11.6 Å². The van der Waals surface area contributed by atoms with Crippen LogP contribution < -0.4 is 19.7 Å². The number of methoxy groups -OCH3 is 2. The van der Waals surface area contributed by atoms with Crippen LogP contribution in [0.1, 0.15) is 26.3 Å². The first kappa shape index (κ1) is 16.3. The fourth-order valence-electron chi connectivity index (χ4n) is 1.85. The van der Waals surface area contributed by atoms with Gasteiger partial charge in [0, 0.05) is 32.6 Å². The van der Waals surface area contributed by atoms with Crippen molar-refractivity contribution in [3.8, 4) is 11.5 Å². The molecule has 20 heavy (non-hydrogen) atoms. The lowest BCUT2D eigenvalue weighted by Gasteiger charge is -2.22. The van der Waals surface area contributed by atoms with Crippen LogP contribution in [-0.2, 0) is 11.3 Å². The number of amides is 1. The predicted molar refractivity (Wildman–Crippen MR) is 80.6 cm³/mol. The Balaban J connectivity index is 3.24. The van der Waals surface area contributed by atoms with Gasteiger partial charge in [-0.15, -0.1) is 0 Å². The Morgan fingerprint density at radius 1 is 1.25 bits per heavy atom. The number of rotatable bonds is 6. The minimum atomic E-state index is -0.0250. The molecular weight excluding hydrogens is 256 g/mol. The number of nitrogens with zero attached hydrogens (tertiary/aromatic N) is 1. The summed E-state index contributed by atoms with van der Waals surface area (Å²) >= 11 is 0. The van der Waals surface area contributed by atoms with Gasteiger partial charge in [-0.05, 0) is 11.6 Å². The summed E-state index contributed by atoms with van der Waals surface area (Å²) in [7, 11) is 4.94. The summed E-state index contributed by atoms with van der Waals surface area (Å²) in [5.74, 6) is 1.25. The van der Waals surface area contributed by atoms with Gasteiger partial charge in [-0.2, -0.15) is 0 Å². The second-order valence-corrected chi connectivity index (χ2v) is 4.95. The van der Waals surface area contributed by atoms with E-state index in [-0.39, 0.29) is 5.91 Å². The van der Waals surface area contributed by atoms with E-state index in [0.29, 0.717) is 24.1 Å². The van der Waals surface area contributed by atoms with Gasteiger partial charge in [0.2, 0.25) is 5.91 Å². The molecule has 5 nitrogen and oxygen atoms in total. The SMILES string of the molecule is COc1cc(CNC(C)C)c(N(C)C(C)=O)cc1OC. The normalized spacial score (nSPS) is 10.6. The molecule has 1 amide bonds. The van der Waals surface area contributed by atoms with Crippen molar-refractivity contribution in [3.05, 3.63) is 17.7 Å². The molecule has 1 aromatic carbocycles. The van der Waals surface area contributed by atoms with E-state index in [0.717, 1.165) is 11.3 Å². The second-order valence-electron chi connectivity index (χ2n) is 4.95. The lowest BCUT2D eigenvalue weighted by Crippen LogP contribution is -2.27. The third-order valence-corrected chi connectivity index (χ3v) is 3.12. The summed E-state index contributed by atoms with van der Waals surface area (Å²) in [5, 5.41) is 3.35. The topological polar surface area (TPSA) is 50.8 Å². The van der Waals surface area contributed by atoms with Crippen LogP contribution in [-0.4, -0.2) is 33.2 Å². The van der Waals surface area contributed by atoms with Crippen LogP contribution in [0.25, 0.3) is 0 Å². The first-order chi connectivity index (χ1) is 9.40. The van der Waals surface area contributed by atoms with Gasteiger partial charge in [0.15, 0.2) is 11.5 Å². The van der Waals surface area contributed by atoms with E-state index >= 15 is 0 Å². The predicted octanol–water partition coefficient (Wildman–Crippen LogP) is 2.18. The third kappa shape index (κ3) is 3.87. The molecule has 0 aliphatic heterocycles.